The molecular formula is C17H22N2O4. The summed E-state index contributed by atoms with van der Waals surface area (Å²) in [5, 5.41) is 5.40. The molecule has 2 amide bonds. The number of hydrogen-bond donors (Lipinski definition) is 2. The Bertz CT molecular complexity index is 608. The fourth-order valence-electron chi connectivity index (χ4n) is 2.39. The molecule has 1 heterocycles. The second-order valence-corrected chi connectivity index (χ2v) is 5.31. The van der Waals surface area contributed by atoms with Crippen molar-refractivity contribution in [1.82, 2.24) is 10.6 Å². The van der Waals surface area contributed by atoms with Crippen molar-refractivity contribution in [3.05, 3.63) is 46.7 Å². The van der Waals surface area contributed by atoms with Crippen LogP contribution in [0.1, 0.15) is 31.0 Å². The Morgan fingerprint density at radius 1 is 1.17 bits per heavy atom. The lowest BCUT2D eigenvalue weighted by Gasteiger charge is -2.28. The number of hydrogen-bond acceptors (Lipinski definition) is 4. The number of nitrogens with one attached hydrogen (secondary N) is 2. The maximum absolute atomic E-state index is 12.4. The molecule has 1 aromatic rings. The number of amides is 2. The zero-order valence-electron chi connectivity index (χ0n) is 13.6. The third kappa shape index (κ3) is 4.32. The van der Waals surface area contributed by atoms with Crippen LogP contribution in [0, 0.1) is 6.92 Å². The lowest BCUT2D eigenvalue weighted by Crippen LogP contribution is -2.45. The summed E-state index contributed by atoms with van der Waals surface area (Å²) in [4.78, 5) is 24.2. The monoisotopic (exact) mass is 318 g/mol. The molecule has 0 bridgehead atoms. The van der Waals surface area contributed by atoms with E-state index in [-0.39, 0.29) is 12.6 Å². The highest BCUT2D eigenvalue weighted by Crippen LogP contribution is 2.27. The van der Waals surface area contributed by atoms with Crippen LogP contribution in [0.25, 0.3) is 0 Å². The average molecular weight is 318 g/mol. The topological polar surface area (TPSA) is 76.7 Å². The molecule has 1 aliphatic heterocycles. The second kappa shape index (κ2) is 7.78. The van der Waals surface area contributed by atoms with Crippen molar-refractivity contribution in [2.24, 2.45) is 0 Å². The molecule has 23 heavy (non-hydrogen) atoms. The fraction of sp³-hybridized carbons (Fsp3) is 0.412. The minimum Gasteiger partial charge on any atom is -0.460 e. The number of carbonyl (C=O) groups excluding carboxylic acids is 2. The van der Waals surface area contributed by atoms with Crippen LogP contribution in [0.2, 0.25) is 0 Å². The van der Waals surface area contributed by atoms with E-state index in [2.05, 4.69) is 10.6 Å². The van der Waals surface area contributed by atoms with Crippen molar-refractivity contribution in [1.29, 1.82) is 0 Å². The number of ether oxygens (including phenoxy) is 2. The number of aryl methyl sites for hydroxylation is 1. The molecular weight excluding hydrogens is 296 g/mol. The number of benzene rings is 1. The zero-order valence-corrected chi connectivity index (χ0v) is 13.6. The maximum atomic E-state index is 12.4. The number of carbonyl (C=O) groups is 2. The van der Waals surface area contributed by atoms with Gasteiger partial charge < -0.3 is 20.1 Å². The first-order valence-electron chi connectivity index (χ1n) is 7.62. The van der Waals surface area contributed by atoms with Crippen LogP contribution in [-0.4, -0.2) is 31.8 Å². The van der Waals surface area contributed by atoms with Crippen LogP contribution >= 0.6 is 0 Å². The highest BCUT2D eigenvalue weighted by atomic mass is 16.6. The Kier molecular flexibility index (Phi) is 5.76. The SMILES string of the molecule is CCOCCOC(=O)C1=C(C)NC(=O)NC1c1ccc(C)cc1. The van der Waals surface area contributed by atoms with E-state index < -0.39 is 12.0 Å². The van der Waals surface area contributed by atoms with Crippen LogP contribution in [0.5, 0.6) is 0 Å². The number of rotatable bonds is 6. The van der Waals surface area contributed by atoms with Gasteiger partial charge in [-0.15, -0.1) is 0 Å². The lowest BCUT2D eigenvalue weighted by atomic mass is 9.95. The van der Waals surface area contributed by atoms with Crippen molar-refractivity contribution in [3.8, 4) is 0 Å². The molecule has 1 atom stereocenters. The van der Waals surface area contributed by atoms with Crippen molar-refractivity contribution in [2.75, 3.05) is 19.8 Å². The molecule has 1 aromatic carbocycles. The average Bonchev–Trinajstić information content (AvgIpc) is 2.51. The van der Waals surface area contributed by atoms with Gasteiger partial charge in [-0.1, -0.05) is 29.8 Å². The Morgan fingerprint density at radius 3 is 2.52 bits per heavy atom. The molecule has 6 heteroatoms. The summed E-state index contributed by atoms with van der Waals surface area (Å²) in [6, 6.07) is 6.81. The minimum absolute atomic E-state index is 0.179. The molecule has 0 saturated heterocycles. The fourth-order valence-corrected chi connectivity index (χ4v) is 2.39. The first kappa shape index (κ1) is 17.0. The molecule has 1 unspecified atom stereocenters. The third-order valence-corrected chi connectivity index (χ3v) is 3.56. The Labute approximate surface area is 135 Å². The van der Waals surface area contributed by atoms with Gasteiger partial charge in [-0.2, -0.15) is 0 Å². The molecule has 2 rings (SSSR count). The highest BCUT2D eigenvalue weighted by Gasteiger charge is 2.32. The van der Waals surface area contributed by atoms with Crippen molar-refractivity contribution < 1.29 is 19.1 Å². The van der Waals surface area contributed by atoms with Gasteiger partial charge in [-0.05, 0) is 26.3 Å². The molecule has 6 nitrogen and oxygen atoms in total. The molecule has 1 aliphatic rings. The smallest absolute Gasteiger partial charge is 0.338 e. The van der Waals surface area contributed by atoms with E-state index in [1.807, 2.05) is 38.1 Å². The van der Waals surface area contributed by atoms with E-state index in [1.165, 1.54) is 0 Å². The van der Waals surface area contributed by atoms with Gasteiger partial charge in [0.1, 0.15) is 6.61 Å². The van der Waals surface area contributed by atoms with Crippen LogP contribution in [0.15, 0.2) is 35.5 Å². The van der Waals surface area contributed by atoms with Gasteiger partial charge in [0.2, 0.25) is 0 Å². The van der Waals surface area contributed by atoms with Gasteiger partial charge in [0.15, 0.2) is 0 Å². The number of urea groups is 1. The lowest BCUT2D eigenvalue weighted by molar-refractivity contribution is -0.141. The normalized spacial score (nSPS) is 17.5. The van der Waals surface area contributed by atoms with E-state index in [9.17, 15) is 9.59 Å². The van der Waals surface area contributed by atoms with E-state index in [4.69, 9.17) is 9.47 Å². The molecule has 0 spiro atoms. The first-order valence-corrected chi connectivity index (χ1v) is 7.62. The quantitative estimate of drug-likeness (QED) is 0.623. The summed E-state index contributed by atoms with van der Waals surface area (Å²) in [6.45, 7) is 6.65. The van der Waals surface area contributed by atoms with Gasteiger partial charge in [0, 0.05) is 12.3 Å². The largest absolute Gasteiger partial charge is 0.460 e. The molecule has 0 radical (unpaired) electrons. The summed E-state index contributed by atoms with van der Waals surface area (Å²) in [6.07, 6.45) is 0. The molecule has 0 aliphatic carbocycles. The van der Waals surface area contributed by atoms with Crippen molar-refractivity contribution in [3.63, 3.8) is 0 Å². The number of esters is 1. The van der Waals surface area contributed by atoms with Crippen LogP contribution in [0.3, 0.4) is 0 Å². The van der Waals surface area contributed by atoms with Crippen LogP contribution < -0.4 is 10.6 Å². The zero-order chi connectivity index (χ0) is 16.8. The molecule has 0 saturated carbocycles. The van der Waals surface area contributed by atoms with Gasteiger partial charge in [-0.3, -0.25) is 0 Å². The Hall–Kier alpha value is -2.34. The second-order valence-electron chi connectivity index (χ2n) is 5.31. The van der Waals surface area contributed by atoms with Crippen molar-refractivity contribution >= 4 is 12.0 Å². The standard InChI is InChI=1S/C17H22N2O4/c1-4-22-9-10-23-16(20)14-12(3)18-17(21)19-15(14)13-7-5-11(2)6-8-13/h5-8,15H,4,9-10H2,1-3H3,(H2,18,19,21). The molecule has 2 N–H and O–H groups in total. The summed E-state index contributed by atoms with van der Waals surface area (Å²) in [5.41, 5.74) is 2.85. The summed E-state index contributed by atoms with van der Waals surface area (Å²) in [7, 11) is 0. The molecule has 0 aromatic heterocycles. The predicted octanol–water partition coefficient (Wildman–Crippen LogP) is 2.20. The first-order chi connectivity index (χ1) is 11.0. The summed E-state index contributed by atoms with van der Waals surface area (Å²) < 4.78 is 10.4. The van der Waals surface area contributed by atoms with E-state index in [0.29, 0.717) is 24.5 Å². The van der Waals surface area contributed by atoms with Gasteiger partial charge >= 0.3 is 12.0 Å². The Morgan fingerprint density at radius 2 is 1.87 bits per heavy atom. The maximum Gasteiger partial charge on any atom is 0.338 e. The van der Waals surface area contributed by atoms with E-state index >= 15 is 0 Å². The summed E-state index contributed by atoms with van der Waals surface area (Å²) in [5.74, 6) is -0.458. The van der Waals surface area contributed by atoms with Crippen LogP contribution in [-0.2, 0) is 14.3 Å². The van der Waals surface area contributed by atoms with Crippen molar-refractivity contribution in [2.45, 2.75) is 26.8 Å². The third-order valence-electron chi connectivity index (χ3n) is 3.56. The van der Waals surface area contributed by atoms with Gasteiger partial charge in [0.25, 0.3) is 0 Å². The molecule has 0 fully saturated rings. The van der Waals surface area contributed by atoms with E-state index in [0.717, 1.165) is 11.1 Å². The minimum atomic E-state index is -0.524. The highest BCUT2D eigenvalue weighted by molar-refractivity contribution is 5.95. The predicted molar refractivity (Wildman–Crippen MR) is 85.7 cm³/mol. The molecule has 124 valence electrons. The number of allylic oxidation sites excluding steroid dienone is 1. The van der Waals surface area contributed by atoms with Gasteiger partial charge in [-0.25, -0.2) is 9.59 Å². The van der Waals surface area contributed by atoms with Crippen LogP contribution in [0.4, 0.5) is 4.79 Å². The summed E-state index contributed by atoms with van der Waals surface area (Å²) >= 11 is 0. The Balaban J connectivity index is 2.20. The van der Waals surface area contributed by atoms with Gasteiger partial charge in [0.05, 0.1) is 18.2 Å². The van der Waals surface area contributed by atoms with E-state index in [1.54, 1.807) is 6.92 Å².